The molecule has 1 aliphatic rings. The highest BCUT2D eigenvalue weighted by molar-refractivity contribution is 7.77. The Labute approximate surface area is 176 Å². The topological polar surface area (TPSA) is 103 Å². The van der Waals surface area contributed by atoms with Gasteiger partial charge in [0.2, 0.25) is 0 Å². The van der Waals surface area contributed by atoms with E-state index in [-0.39, 0.29) is 12.0 Å². The van der Waals surface area contributed by atoms with E-state index in [9.17, 15) is 18.7 Å². The molecular weight excluding hydrogens is 402 g/mol. The monoisotopic (exact) mass is 422 g/mol. The Kier molecular flexibility index (Phi) is 5.84. The minimum Gasteiger partial charge on any atom is -0.760 e. The molecule has 1 aliphatic carbocycles. The predicted molar refractivity (Wildman–Crippen MR) is 114 cm³/mol. The van der Waals surface area contributed by atoms with Crippen LogP contribution in [0.25, 0.3) is 22.1 Å². The lowest BCUT2D eigenvalue weighted by atomic mass is 10.0. The molecule has 3 aromatic rings. The first-order valence-corrected chi connectivity index (χ1v) is 10.7. The van der Waals surface area contributed by atoms with Crippen molar-refractivity contribution in [2.45, 2.75) is 37.8 Å². The van der Waals surface area contributed by atoms with Crippen molar-refractivity contribution in [3.05, 3.63) is 70.1 Å². The molecule has 0 amide bonds. The van der Waals surface area contributed by atoms with Crippen LogP contribution in [0.15, 0.2) is 57.9 Å². The quantitative estimate of drug-likeness (QED) is 0.497. The van der Waals surface area contributed by atoms with Crippen LogP contribution in [0.4, 0.5) is 0 Å². The van der Waals surface area contributed by atoms with Gasteiger partial charge in [0.25, 0.3) is 0 Å². The van der Waals surface area contributed by atoms with Crippen molar-refractivity contribution in [2.24, 2.45) is 0 Å². The van der Waals surface area contributed by atoms with Crippen LogP contribution in [0, 0.1) is 11.8 Å². The first-order chi connectivity index (χ1) is 14.4. The normalized spacial score (nSPS) is 16.2. The second-order valence-electron chi connectivity index (χ2n) is 7.43. The highest BCUT2D eigenvalue weighted by Crippen LogP contribution is 2.28. The van der Waals surface area contributed by atoms with Gasteiger partial charge in [0.1, 0.15) is 17.4 Å². The molecule has 0 bridgehead atoms. The number of rotatable bonds is 4. The second kappa shape index (κ2) is 8.54. The van der Waals surface area contributed by atoms with E-state index in [4.69, 9.17) is 4.42 Å². The number of aliphatic hydroxyl groups is 1. The van der Waals surface area contributed by atoms with Crippen LogP contribution >= 0.6 is 0 Å². The summed E-state index contributed by atoms with van der Waals surface area (Å²) in [6, 6.07) is 12.2. The summed E-state index contributed by atoms with van der Waals surface area (Å²) < 4.78 is 29.2. The van der Waals surface area contributed by atoms with Gasteiger partial charge in [-0.3, -0.25) is 9.00 Å². The predicted octanol–water partition coefficient (Wildman–Crippen LogP) is 3.00. The summed E-state index contributed by atoms with van der Waals surface area (Å²) in [5, 5.41) is 10.8. The van der Waals surface area contributed by atoms with Crippen LogP contribution < -0.4 is 10.2 Å². The van der Waals surface area contributed by atoms with Crippen molar-refractivity contribution < 1.29 is 18.3 Å². The average Bonchev–Trinajstić information content (AvgIpc) is 3.18. The van der Waals surface area contributed by atoms with Crippen LogP contribution in [-0.2, 0) is 17.8 Å². The number of hydrogen-bond donors (Lipinski definition) is 2. The Morgan fingerprint density at radius 2 is 1.90 bits per heavy atom. The van der Waals surface area contributed by atoms with Crippen molar-refractivity contribution in [1.82, 2.24) is 4.72 Å². The fourth-order valence-electron chi connectivity index (χ4n) is 3.62. The molecule has 0 radical (unpaired) electrons. The molecule has 0 spiro atoms. The molecule has 0 aliphatic heterocycles. The zero-order valence-electron chi connectivity index (χ0n) is 16.1. The van der Waals surface area contributed by atoms with Gasteiger partial charge in [-0.05, 0) is 55.0 Å². The lowest BCUT2D eigenvalue weighted by Gasteiger charge is -2.12. The number of fused-ring (bicyclic) bond motifs is 1. The summed E-state index contributed by atoms with van der Waals surface area (Å²) in [5.74, 6) is 5.95. The molecule has 30 heavy (non-hydrogen) atoms. The van der Waals surface area contributed by atoms with Gasteiger partial charge in [-0.1, -0.05) is 36.1 Å². The Balaban J connectivity index is 1.61. The molecule has 6 nitrogen and oxygen atoms in total. The largest absolute Gasteiger partial charge is 0.760 e. The van der Waals surface area contributed by atoms with Crippen LogP contribution in [-0.4, -0.2) is 19.5 Å². The zero-order valence-corrected chi connectivity index (χ0v) is 17.0. The molecule has 1 atom stereocenters. The summed E-state index contributed by atoms with van der Waals surface area (Å²) in [6.45, 7) is 0.182. The van der Waals surface area contributed by atoms with E-state index >= 15 is 0 Å². The van der Waals surface area contributed by atoms with Gasteiger partial charge in [-0.25, -0.2) is 4.72 Å². The van der Waals surface area contributed by atoms with Gasteiger partial charge >= 0.3 is 0 Å². The summed E-state index contributed by atoms with van der Waals surface area (Å²) in [5.41, 5.74) is 1.94. The molecule has 1 heterocycles. The molecule has 1 aromatic heterocycles. The molecule has 1 saturated carbocycles. The first-order valence-electron chi connectivity index (χ1n) is 9.67. The maximum absolute atomic E-state index is 12.9. The highest BCUT2D eigenvalue weighted by Gasteiger charge is 2.28. The van der Waals surface area contributed by atoms with E-state index in [0.717, 1.165) is 18.4 Å². The lowest BCUT2D eigenvalue weighted by Crippen LogP contribution is -2.20. The van der Waals surface area contributed by atoms with Crippen molar-refractivity contribution in [2.75, 3.05) is 0 Å². The van der Waals surface area contributed by atoms with Crippen LogP contribution in [0.3, 0.4) is 0 Å². The van der Waals surface area contributed by atoms with Gasteiger partial charge in [0, 0.05) is 23.4 Å². The third-order valence-corrected chi connectivity index (χ3v) is 5.68. The van der Waals surface area contributed by atoms with Gasteiger partial charge < -0.3 is 14.1 Å². The summed E-state index contributed by atoms with van der Waals surface area (Å²) in [6.07, 6.45) is 4.77. The fourth-order valence-corrected chi connectivity index (χ4v) is 3.91. The minimum absolute atomic E-state index is 0.156. The Morgan fingerprint density at radius 1 is 1.17 bits per heavy atom. The molecule has 2 N–H and O–H groups in total. The fraction of sp³-hybridized carbons (Fsp3) is 0.261. The van der Waals surface area contributed by atoms with Crippen molar-refractivity contribution in [3.8, 4) is 23.0 Å². The number of nitrogens with one attached hydrogen (secondary N) is 1. The third kappa shape index (κ3) is 4.53. The molecule has 4 rings (SSSR count). The molecule has 2 aromatic carbocycles. The van der Waals surface area contributed by atoms with Crippen LogP contribution in [0.5, 0.6) is 0 Å². The van der Waals surface area contributed by atoms with E-state index in [1.165, 1.54) is 6.26 Å². The van der Waals surface area contributed by atoms with E-state index in [1.807, 2.05) is 0 Å². The first kappa shape index (κ1) is 20.5. The van der Waals surface area contributed by atoms with Crippen molar-refractivity contribution in [1.29, 1.82) is 0 Å². The maximum atomic E-state index is 12.9. The van der Waals surface area contributed by atoms with E-state index in [2.05, 4.69) is 16.6 Å². The third-order valence-electron chi connectivity index (χ3n) is 5.30. The summed E-state index contributed by atoms with van der Waals surface area (Å²) >= 11 is -2.32. The SMILES string of the molecule is O=c1c(-c2ccc(CNS(=O)[O-])cc2)coc2cc(C#CC3(O)CCCC3)ccc12. The van der Waals surface area contributed by atoms with Gasteiger partial charge in [-0.15, -0.1) is 0 Å². The van der Waals surface area contributed by atoms with E-state index in [0.29, 0.717) is 40.5 Å². The summed E-state index contributed by atoms with van der Waals surface area (Å²) in [4.78, 5) is 12.9. The lowest BCUT2D eigenvalue weighted by molar-refractivity contribution is 0.110. The Bertz CT molecular complexity index is 1210. The van der Waals surface area contributed by atoms with Crippen LogP contribution in [0.1, 0.15) is 36.8 Å². The van der Waals surface area contributed by atoms with Crippen LogP contribution in [0.2, 0.25) is 0 Å². The molecule has 1 unspecified atom stereocenters. The molecule has 7 heteroatoms. The zero-order chi connectivity index (χ0) is 21.1. The molecule has 0 saturated heterocycles. The summed E-state index contributed by atoms with van der Waals surface area (Å²) in [7, 11) is 0. The maximum Gasteiger partial charge on any atom is 0.200 e. The smallest absolute Gasteiger partial charge is 0.200 e. The number of benzene rings is 2. The average molecular weight is 422 g/mol. The van der Waals surface area contributed by atoms with E-state index in [1.54, 1.807) is 42.5 Å². The molecule has 1 fully saturated rings. The molecule has 154 valence electrons. The Hall–Kier alpha value is -2.76. The number of hydrogen-bond acceptors (Lipinski definition) is 5. The van der Waals surface area contributed by atoms with Crippen molar-refractivity contribution >= 4 is 22.2 Å². The van der Waals surface area contributed by atoms with Gasteiger partial charge in [0.05, 0.1) is 10.9 Å². The van der Waals surface area contributed by atoms with Gasteiger partial charge in [-0.2, -0.15) is 0 Å². The standard InChI is InChI=1S/C23H21NO5S/c25-22-19-8-5-16(9-12-23(26)10-1-2-11-23)13-21(19)29-15-20(22)18-6-3-17(4-7-18)14-24-30(27)28/h3-8,13,15,24,26H,1-2,10-11,14H2,(H,27,28)/p-1. The second-order valence-corrected chi connectivity index (χ2v) is 8.19. The highest BCUT2D eigenvalue weighted by atomic mass is 32.2. The van der Waals surface area contributed by atoms with E-state index < -0.39 is 16.9 Å². The minimum atomic E-state index is -2.32. The van der Waals surface area contributed by atoms with Crippen molar-refractivity contribution in [3.63, 3.8) is 0 Å². The van der Waals surface area contributed by atoms with Gasteiger partial charge in [0.15, 0.2) is 5.43 Å². The Morgan fingerprint density at radius 3 is 2.60 bits per heavy atom. The molecular formula is C23H20NO5S-.